The molecule has 1 N–H and O–H groups in total. The van der Waals surface area contributed by atoms with E-state index in [1.54, 1.807) is 49.4 Å². The van der Waals surface area contributed by atoms with Crippen molar-refractivity contribution in [1.82, 2.24) is 10.2 Å². The molecule has 43 heavy (non-hydrogen) atoms. The summed E-state index contributed by atoms with van der Waals surface area (Å²) in [5.74, 6) is -0.916. The molecule has 0 aromatic heterocycles. The quantitative estimate of drug-likeness (QED) is 0.198. The second-order valence-electron chi connectivity index (χ2n) is 10.0. The maximum atomic E-state index is 14.4. The third kappa shape index (κ3) is 8.16. The smallest absolute Gasteiger partial charge is 0.264 e. The molecule has 0 bridgehead atoms. The van der Waals surface area contributed by atoms with Crippen LogP contribution in [0.15, 0.2) is 108 Å². The van der Waals surface area contributed by atoms with E-state index in [-0.39, 0.29) is 23.8 Å². The van der Waals surface area contributed by atoms with Crippen LogP contribution in [0.1, 0.15) is 23.6 Å². The van der Waals surface area contributed by atoms with Crippen LogP contribution < -0.4 is 9.62 Å². The molecule has 0 radical (unpaired) electrons. The van der Waals surface area contributed by atoms with Crippen LogP contribution in [0.25, 0.3) is 0 Å². The Morgan fingerprint density at radius 3 is 2.19 bits per heavy atom. The van der Waals surface area contributed by atoms with Gasteiger partial charge in [-0.15, -0.1) is 0 Å². The molecule has 4 aromatic rings. The average Bonchev–Trinajstić information content (AvgIpc) is 2.99. The van der Waals surface area contributed by atoms with Gasteiger partial charge in [-0.05, 0) is 73.0 Å². The van der Waals surface area contributed by atoms with E-state index in [0.29, 0.717) is 27.8 Å². The Balaban J connectivity index is 1.80. The highest BCUT2D eigenvalue weighted by Crippen LogP contribution is 2.27. The summed E-state index contributed by atoms with van der Waals surface area (Å²) < 4.78 is 29.1. The van der Waals surface area contributed by atoms with Gasteiger partial charge in [-0.25, -0.2) is 8.42 Å². The van der Waals surface area contributed by atoms with Gasteiger partial charge >= 0.3 is 0 Å². The minimum absolute atomic E-state index is 0.00418. The van der Waals surface area contributed by atoms with Crippen LogP contribution in [-0.2, 0) is 32.6 Å². The molecule has 0 saturated carbocycles. The Labute approximate surface area is 263 Å². The van der Waals surface area contributed by atoms with Gasteiger partial charge in [0, 0.05) is 29.6 Å². The summed E-state index contributed by atoms with van der Waals surface area (Å²) in [6.07, 6.45) is 0.219. The van der Waals surface area contributed by atoms with Gasteiger partial charge in [0.1, 0.15) is 12.6 Å². The Hall–Kier alpha value is -3.85. The van der Waals surface area contributed by atoms with E-state index in [1.165, 1.54) is 29.2 Å². The highest BCUT2D eigenvalue weighted by atomic mass is 35.5. The average molecular weight is 639 g/mol. The Bertz CT molecular complexity index is 1670. The van der Waals surface area contributed by atoms with E-state index < -0.39 is 28.5 Å². The number of rotatable bonds is 12. The number of benzene rings is 4. The fraction of sp³-hybridized carbons (Fsp3) is 0.212. The Kier molecular flexibility index (Phi) is 10.9. The van der Waals surface area contributed by atoms with Gasteiger partial charge in [0.15, 0.2) is 0 Å². The summed E-state index contributed by atoms with van der Waals surface area (Å²) in [6.45, 7) is 3.45. The first-order valence-corrected chi connectivity index (χ1v) is 16.0. The second-order valence-corrected chi connectivity index (χ2v) is 12.7. The molecule has 0 spiro atoms. The van der Waals surface area contributed by atoms with Crippen LogP contribution in [0.4, 0.5) is 5.69 Å². The zero-order valence-electron chi connectivity index (χ0n) is 23.9. The fourth-order valence-corrected chi connectivity index (χ4v) is 6.43. The Morgan fingerprint density at radius 2 is 1.53 bits per heavy atom. The number of sulfonamides is 1. The van der Waals surface area contributed by atoms with Crippen molar-refractivity contribution in [3.63, 3.8) is 0 Å². The number of aryl methyl sites for hydroxylation is 1. The van der Waals surface area contributed by atoms with Crippen molar-refractivity contribution in [3.8, 4) is 0 Å². The molecule has 0 aliphatic rings. The van der Waals surface area contributed by atoms with Crippen molar-refractivity contribution in [1.29, 1.82) is 0 Å². The summed E-state index contributed by atoms with van der Waals surface area (Å²) in [4.78, 5) is 29.3. The van der Waals surface area contributed by atoms with E-state index in [1.807, 2.05) is 43.3 Å². The largest absolute Gasteiger partial charge is 0.355 e. The first kappa shape index (κ1) is 32.1. The molecule has 0 aliphatic carbocycles. The van der Waals surface area contributed by atoms with Crippen molar-refractivity contribution < 1.29 is 18.0 Å². The molecule has 10 heteroatoms. The molecule has 4 rings (SSSR count). The van der Waals surface area contributed by atoms with Gasteiger partial charge in [-0.1, -0.05) is 83.9 Å². The summed E-state index contributed by atoms with van der Waals surface area (Å²) in [6, 6.07) is 28.2. The second kappa shape index (κ2) is 14.6. The first-order chi connectivity index (χ1) is 20.6. The minimum Gasteiger partial charge on any atom is -0.355 e. The molecular formula is C33H33Cl2N3O4S. The Morgan fingerprint density at radius 1 is 0.860 bits per heavy atom. The van der Waals surface area contributed by atoms with Crippen LogP contribution in [0, 0.1) is 6.92 Å². The number of anilines is 1. The lowest BCUT2D eigenvalue weighted by molar-refractivity contribution is -0.140. The number of nitrogens with zero attached hydrogens (tertiary/aromatic N) is 2. The van der Waals surface area contributed by atoms with Gasteiger partial charge < -0.3 is 10.2 Å². The highest BCUT2D eigenvalue weighted by Gasteiger charge is 2.34. The number of likely N-dealkylation sites (N-methyl/N-ethyl adjacent to an activating group) is 1. The SMILES string of the molecule is CCNC(=O)[C@H](Cc1ccccc1)N(Cc1ccccc1Cl)C(=O)CN(c1cccc(C)c1)S(=O)(=O)c1ccc(Cl)cc1. The van der Waals surface area contributed by atoms with E-state index in [4.69, 9.17) is 23.2 Å². The summed E-state index contributed by atoms with van der Waals surface area (Å²) in [7, 11) is -4.21. The number of carbonyl (C=O) groups excluding carboxylic acids is 2. The van der Waals surface area contributed by atoms with Crippen LogP contribution in [-0.4, -0.2) is 44.3 Å². The number of hydrogen-bond acceptors (Lipinski definition) is 4. The predicted octanol–water partition coefficient (Wildman–Crippen LogP) is 6.27. The molecule has 0 fully saturated rings. The highest BCUT2D eigenvalue weighted by molar-refractivity contribution is 7.92. The topological polar surface area (TPSA) is 86.8 Å². The maximum absolute atomic E-state index is 14.4. The van der Waals surface area contributed by atoms with Gasteiger partial charge in [0.05, 0.1) is 10.6 Å². The molecule has 0 aliphatic heterocycles. The molecule has 0 unspecified atom stereocenters. The maximum Gasteiger partial charge on any atom is 0.264 e. The molecule has 4 aromatic carbocycles. The number of hydrogen-bond donors (Lipinski definition) is 1. The van der Waals surface area contributed by atoms with Crippen molar-refractivity contribution in [2.24, 2.45) is 0 Å². The van der Waals surface area contributed by atoms with Crippen LogP contribution in [0.3, 0.4) is 0 Å². The van der Waals surface area contributed by atoms with E-state index >= 15 is 0 Å². The molecule has 1 atom stereocenters. The molecule has 224 valence electrons. The summed E-state index contributed by atoms with van der Waals surface area (Å²) >= 11 is 12.5. The van der Waals surface area contributed by atoms with Crippen molar-refractivity contribution in [2.45, 2.75) is 37.8 Å². The van der Waals surface area contributed by atoms with Gasteiger partial charge in [-0.2, -0.15) is 0 Å². The van der Waals surface area contributed by atoms with Crippen LogP contribution in [0.5, 0.6) is 0 Å². The number of amides is 2. The molecular weight excluding hydrogens is 605 g/mol. The third-order valence-electron chi connectivity index (χ3n) is 6.89. The minimum atomic E-state index is -4.21. The van der Waals surface area contributed by atoms with E-state index in [9.17, 15) is 18.0 Å². The predicted molar refractivity (Wildman–Crippen MR) is 172 cm³/mol. The van der Waals surface area contributed by atoms with Crippen molar-refractivity contribution in [2.75, 3.05) is 17.4 Å². The summed E-state index contributed by atoms with van der Waals surface area (Å²) in [5, 5.41) is 3.66. The van der Waals surface area contributed by atoms with Gasteiger partial charge in [-0.3, -0.25) is 13.9 Å². The van der Waals surface area contributed by atoms with E-state index in [0.717, 1.165) is 15.4 Å². The molecule has 2 amide bonds. The lowest BCUT2D eigenvalue weighted by atomic mass is 10.0. The lowest BCUT2D eigenvalue weighted by Crippen LogP contribution is -2.53. The number of nitrogens with one attached hydrogen (secondary N) is 1. The molecule has 7 nitrogen and oxygen atoms in total. The monoisotopic (exact) mass is 637 g/mol. The standard InChI is InChI=1S/C33H33Cl2N3O4S/c1-3-36-33(40)31(21-25-11-5-4-6-12-25)37(22-26-13-7-8-15-30(26)35)32(39)23-38(28-14-9-10-24(2)20-28)43(41,42)29-18-16-27(34)17-19-29/h4-20,31H,3,21-23H2,1-2H3,(H,36,40)/t31-/m0/s1. The zero-order chi connectivity index (χ0) is 31.0. The molecule has 0 heterocycles. The van der Waals surface area contributed by atoms with Crippen LogP contribution >= 0.6 is 23.2 Å². The molecule has 0 saturated heterocycles. The first-order valence-electron chi connectivity index (χ1n) is 13.8. The van der Waals surface area contributed by atoms with Gasteiger partial charge in [0.2, 0.25) is 11.8 Å². The lowest BCUT2D eigenvalue weighted by Gasteiger charge is -2.34. The van der Waals surface area contributed by atoms with E-state index in [2.05, 4.69) is 5.32 Å². The third-order valence-corrected chi connectivity index (χ3v) is 9.30. The summed E-state index contributed by atoms with van der Waals surface area (Å²) in [5.41, 5.74) is 2.61. The van der Waals surface area contributed by atoms with Crippen molar-refractivity contribution >= 4 is 50.7 Å². The number of halogens is 2. The zero-order valence-corrected chi connectivity index (χ0v) is 26.2. The fourth-order valence-electron chi connectivity index (χ4n) is 4.70. The van der Waals surface area contributed by atoms with Crippen molar-refractivity contribution in [3.05, 3.63) is 130 Å². The normalized spacial score (nSPS) is 11.9. The van der Waals surface area contributed by atoms with Crippen LogP contribution in [0.2, 0.25) is 10.0 Å². The van der Waals surface area contributed by atoms with Gasteiger partial charge in [0.25, 0.3) is 10.0 Å². The number of carbonyl (C=O) groups is 2.